The zero-order valence-electron chi connectivity index (χ0n) is 7.84. The minimum Gasteiger partial charge on any atom is -0.467 e. The van der Waals surface area contributed by atoms with Gasteiger partial charge in [0.25, 0.3) is 16.2 Å². The molecular formula is C6H10O7S. The minimum atomic E-state index is -3.94. The minimum absolute atomic E-state index is 0.700. The molecule has 0 unspecified atom stereocenters. The standard InChI is InChI=1S/C6H10O7S/c1-11-5(7)4(6(8)12-2)13-14(3,9)10/h4H,1-3H3. The fourth-order valence-corrected chi connectivity index (χ4v) is 1.07. The molecule has 0 bridgehead atoms. The predicted molar refractivity (Wildman–Crippen MR) is 43.7 cm³/mol. The maximum absolute atomic E-state index is 10.9. The van der Waals surface area contributed by atoms with E-state index in [0.29, 0.717) is 6.26 Å². The van der Waals surface area contributed by atoms with Crippen LogP contribution in [0, 0.1) is 0 Å². The Labute approximate surface area is 81.1 Å². The Kier molecular flexibility index (Phi) is 4.51. The molecule has 8 heteroatoms. The van der Waals surface area contributed by atoms with E-state index in [9.17, 15) is 18.0 Å². The SMILES string of the molecule is COC(=O)C(OS(C)(=O)=O)C(=O)OC. The fraction of sp³-hybridized carbons (Fsp3) is 0.667. The summed E-state index contributed by atoms with van der Waals surface area (Å²) < 4.78 is 33.8. The van der Waals surface area contributed by atoms with Gasteiger partial charge in [-0.3, -0.25) is 0 Å². The van der Waals surface area contributed by atoms with E-state index >= 15 is 0 Å². The molecule has 0 aromatic rings. The van der Waals surface area contributed by atoms with E-state index in [1.807, 2.05) is 0 Å². The summed E-state index contributed by atoms with van der Waals surface area (Å²) >= 11 is 0. The van der Waals surface area contributed by atoms with Gasteiger partial charge >= 0.3 is 11.9 Å². The maximum atomic E-state index is 10.9. The summed E-state index contributed by atoms with van der Waals surface area (Å²) in [5, 5.41) is 0. The summed E-state index contributed by atoms with van der Waals surface area (Å²) in [6.45, 7) is 0. The van der Waals surface area contributed by atoms with Crippen LogP contribution < -0.4 is 0 Å². The average molecular weight is 226 g/mol. The van der Waals surface area contributed by atoms with E-state index in [4.69, 9.17) is 0 Å². The molecule has 0 spiro atoms. The van der Waals surface area contributed by atoms with Crippen molar-refractivity contribution in [1.82, 2.24) is 0 Å². The van der Waals surface area contributed by atoms with Crippen molar-refractivity contribution in [1.29, 1.82) is 0 Å². The Morgan fingerprint density at radius 2 is 1.43 bits per heavy atom. The van der Waals surface area contributed by atoms with Crippen LogP contribution in [0.1, 0.15) is 0 Å². The third-order valence-corrected chi connectivity index (χ3v) is 1.64. The molecule has 0 saturated heterocycles. The number of rotatable bonds is 4. The molecule has 82 valence electrons. The normalized spacial score (nSPS) is 11.1. The second-order valence-corrected chi connectivity index (χ2v) is 3.83. The number of ether oxygens (including phenoxy) is 2. The predicted octanol–water partition coefficient (Wildman–Crippen LogP) is -1.32. The number of carbonyl (C=O) groups excluding carboxylic acids is 2. The largest absolute Gasteiger partial charge is 0.467 e. The molecule has 0 rings (SSSR count). The molecular weight excluding hydrogens is 216 g/mol. The molecule has 0 amide bonds. The molecule has 0 saturated carbocycles. The van der Waals surface area contributed by atoms with Crippen molar-refractivity contribution in [2.45, 2.75) is 6.10 Å². The van der Waals surface area contributed by atoms with Crippen LogP contribution in [0.5, 0.6) is 0 Å². The molecule has 0 aliphatic rings. The highest BCUT2D eigenvalue weighted by Gasteiger charge is 2.33. The van der Waals surface area contributed by atoms with Crippen LogP contribution in [-0.2, 0) is 33.4 Å². The first-order valence-electron chi connectivity index (χ1n) is 3.35. The smallest absolute Gasteiger partial charge is 0.348 e. The van der Waals surface area contributed by atoms with E-state index in [1.165, 1.54) is 0 Å². The summed E-state index contributed by atoms with van der Waals surface area (Å²) in [5.74, 6) is -2.27. The Bertz CT molecular complexity index is 301. The number of esters is 2. The van der Waals surface area contributed by atoms with Crippen LogP contribution in [0.2, 0.25) is 0 Å². The van der Waals surface area contributed by atoms with Crippen LogP contribution in [-0.4, -0.2) is 46.9 Å². The molecule has 0 aromatic heterocycles. The number of methoxy groups -OCH3 is 2. The van der Waals surface area contributed by atoms with Crippen LogP contribution in [0.15, 0.2) is 0 Å². The van der Waals surface area contributed by atoms with Crippen LogP contribution >= 0.6 is 0 Å². The third-order valence-electron chi connectivity index (χ3n) is 1.10. The van der Waals surface area contributed by atoms with Gasteiger partial charge in [0, 0.05) is 0 Å². The monoisotopic (exact) mass is 226 g/mol. The number of carbonyl (C=O) groups is 2. The van der Waals surface area contributed by atoms with Gasteiger partial charge in [-0.25, -0.2) is 13.8 Å². The van der Waals surface area contributed by atoms with E-state index in [2.05, 4.69) is 13.7 Å². The zero-order chi connectivity index (χ0) is 11.4. The van der Waals surface area contributed by atoms with Gasteiger partial charge in [-0.1, -0.05) is 0 Å². The summed E-state index contributed by atoms with van der Waals surface area (Å²) in [5.41, 5.74) is 0. The highest BCUT2D eigenvalue weighted by molar-refractivity contribution is 7.86. The van der Waals surface area contributed by atoms with Gasteiger partial charge < -0.3 is 9.47 Å². The Morgan fingerprint density at radius 1 is 1.07 bits per heavy atom. The lowest BCUT2D eigenvalue weighted by Crippen LogP contribution is -2.36. The first kappa shape index (κ1) is 12.8. The Balaban J connectivity index is 4.74. The second kappa shape index (κ2) is 4.91. The lowest BCUT2D eigenvalue weighted by molar-refractivity contribution is -0.163. The lowest BCUT2D eigenvalue weighted by atomic mass is 10.4. The number of hydrogen-bond acceptors (Lipinski definition) is 7. The van der Waals surface area contributed by atoms with E-state index < -0.39 is 28.2 Å². The van der Waals surface area contributed by atoms with Crippen molar-refractivity contribution in [2.24, 2.45) is 0 Å². The quantitative estimate of drug-likeness (QED) is 0.333. The van der Waals surface area contributed by atoms with Gasteiger partial charge in [0.1, 0.15) is 0 Å². The van der Waals surface area contributed by atoms with Gasteiger partial charge in [-0.2, -0.15) is 8.42 Å². The first-order valence-corrected chi connectivity index (χ1v) is 5.17. The van der Waals surface area contributed by atoms with Crippen LogP contribution in [0.4, 0.5) is 0 Å². The van der Waals surface area contributed by atoms with Crippen molar-refractivity contribution in [3.63, 3.8) is 0 Å². The van der Waals surface area contributed by atoms with Gasteiger partial charge in [-0.15, -0.1) is 0 Å². The van der Waals surface area contributed by atoms with E-state index in [-0.39, 0.29) is 0 Å². The van der Waals surface area contributed by atoms with Crippen LogP contribution in [0.3, 0.4) is 0 Å². The Morgan fingerprint density at radius 3 is 1.64 bits per heavy atom. The average Bonchev–Trinajstić information content (AvgIpc) is 2.10. The molecule has 0 aliphatic carbocycles. The van der Waals surface area contributed by atoms with E-state index in [1.54, 1.807) is 0 Å². The van der Waals surface area contributed by atoms with Gasteiger partial charge in [0.05, 0.1) is 20.5 Å². The van der Waals surface area contributed by atoms with Crippen molar-refractivity contribution < 1.29 is 31.7 Å². The van der Waals surface area contributed by atoms with Gasteiger partial charge in [-0.05, 0) is 0 Å². The topological polar surface area (TPSA) is 96.0 Å². The highest BCUT2D eigenvalue weighted by atomic mass is 32.2. The summed E-state index contributed by atoms with van der Waals surface area (Å²) in [6.07, 6.45) is -1.20. The lowest BCUT2D eigenvalue weighted by Gasteiger charge is -2.10. The molecule has 0 atom stereocenters. The number of hydrogen-bond donors (Lipinski definition) is 0. The van der Waals surface area contributed by atoms with Crippen molar-refractivity contribution in [3.8, 4) is 0 Å². The fourth-order valence-electron chi connectivity index (χ4n) is 0.564. The first-order chi connectivity index (χ1) is 6.31. The zero-order valence-corrected chi connectivity index (χ0v) is 8.66. The van der Waals surface area contributed by atoms with Crippen LogP contribution in [0.25, 0.3) is 0 Å². The molecule has 0 heterocycles. The maximum Gasteiger partial charge on any atom is 0.348 e. The molecule has 0 fully saturated rings. The van der Waals surface area contributed by atoms with Crippen molar-refractivity contribution in [2.75, 3.05) is 20.5 Å². The highest BCUT2D eigenvalue weighted by Crippen LogP contribution is 2.02. The third kappa shape index (κ3) is 4.19. The second-order valence-electron chi connectivity index (χ2n) is 2.23. The van der Waals surface area contributed by atoms with Gasteiger partial charge in [0.15, 0.2) is 0 Å². The Hall–Kier alpha value is -1.15. The molecule has 0 radical (unpaired) electrons. The van der Waals surface area contributed by atoms with Crippen molar-refractivity contribution >= 4 is 22.1 Å². The van der Waals surface area contributed by atoms with Crippen molar-refractivity contribution in [3.05, 3.63) is 0 Å². The van der Waals surface area contributed by atoms with Gasteiger partial charge in [0.2, 0.25) is 0 Å². The molecule has 0 aliphatic heterocycles. The molecule has 0 aromatic carbocycles. The summed E-state index contributed by atoms with van der Waals surface area (Å²) in [6, 6.07) is 0. The molecule has 14 heavy (non-hydrogen) atoms. The molecule has 0 N–H and O–H groups in total. The van der Waals surface area contributed by atoms with E-state index in [0.717, 1.165) is 14.2 Å². The molecule has 7 nitrogen and oxygen atoms in total. The summed E-state index contributed by atoms with van der Waals surface area (Å²) in [4.78, 5) is 21.8. The summed E-state index contributed by atoms with van der Waals surface area (Å²) in [7, 11) is -1.96.